The highest BCUT2D eigenvalue weighted by atomic mass is 19.4. The Bertz CT molecular complexity index is 1030. The fourth-order valence-electron chi connectivity index (χ4n) is 3.72. The molecule has 3 heterocycles. The summed E-state index contributed by atoms with van der Waals surface area (Å²) in [6, 6.07) is 12.1. The van der Waals surface area contributed by atoms with E-state index in [2.05, 4.69) is 9.97 Å². The van der Waals surface area contributed by atoms with E-state index in [0.29, 0.717) is 32.0 Å². The number of hydrogen-bond acceptors (Lipinski definition) is 4. The lowest BCUT2D eigenvalue weighted by molar-refractivity contribution is -0.137. The summed E-state index contributed by atoms with van der Waals surface area (Å²) in [5, 5.41) is 0.998. The molecule has 0 bridgehead atoms. The summed E-state index contributed by atoms with van der Waals surface area (Å²) in [6.07, 6.45) is -0.826. The van der Waals surface area contributed by atoms with E-state index in [4.69, 9.17) is 0 Å². The van der Waals surface area contributed by atoms with Gasteiger partial charge in [0.1, 0.15) is 5.82 Å². The van der Waals surface area contributed by atoms with Crippen molar-refractivity contribution in [3.8, 4) is 0 Å². The Hall–Kier alpha value is -3.16. The highest BCUT2D eigenvalue weighted by Crippen LogP contribution is 2.29. The Labute approximate surface area is 172 Å². The van der Waals surface area contributed by atoms with Gasteiger partial charge in [0, 0.05) is 44.0 Å². The van der Waals surface area contributed by atoms with Crippen LogP contribution in [0.25, 0.3) is 10.9 Å². The minimum Gasteiger partial charge on any atom is -0.355 e. The minimum atomic E-state index is -4.40. The molecule has 5 nitrogen and oxygen atoms in total. The van der Waals surface area contributed by atoms with E-state index in [-0.39, 0.29) is 12.3 Å². The third kappa shape index (κ3) is 4.37. The molecule has 8 heteroatoms. The van der Waals surface area contributed by atoms with Gasteiger partial charge >= 0.3 is 6.18 Å². The van der Waals surface area contributed by atoms with Gasteiger partial charge in [-0.2, -0.15) is 13.2 Å². The molecule has 0 saturated carbocycles. The van der Waals surface area contributed by atoms with Gasteiger partial charge in [-0.05, 0) is 30.2 Å². The van der Waals surface area contributed by atoms with Gasteiger partial charge in [-0.15, -0.1) is 0 Å². The van der Waals surface area contributed by atoms with Crippen molar-refractivity contribution in [2.24, 2.45) is 0 Å². The molecule has 0 spiro atoms. The average Bonchev–Trinajstić information content (AvgIpc) is 3.00. The summed E-state index contributed by atoms with van der Waals surface area (Å²) in [4.78, 5) is 25.0. The molecule has 1 saturated heterocycles. The summed E-state index contributed by atoms with van der Waals surface area (Å²) >= 11 is 0. The van der Waals surface area contributed by atoms with E-state index in [1.54, 1.807) is 6.20 Å². The van der Waals surface area contributed by atoms with Crippen molar-refractivity contribution in [3.05, 3.63) is 66.0 Å². The molecule has 2 aromatic heterocycles. The maximum absolute atomic E-state index is 12.9. The number of nitrogens with zero attached hydrogens (tertiary/aromatic N) is 4. The molecule has 0 N–H and O–H groups in total. The van der Waals surface area contributed by atoms with Gasteiger partial charge in [-0.3, -0.25) is 9.78 Å². The van der Waals surface area contributed by atoms with Crippen LogP contribution in [0, 0.1) is 0 Å². The first-order chi connectivity index (χ1) is 14.4. The number of halogens is 3. The van der Waals surface area contributed by atoms with Crippen molar-refractivity contribution in [3.63, 3.8) is 0 Å². The number of aromatic nitrogens is 2. The zero-order chi connectivity index (χ0) is 21.1. The summed E-state index contributed by atoms with van der Waals surface area (Å²) in [7, 11) is 0. The van der Waals surface area contributed by atoms with E-state index in [1.165, 1.54) is 6.07 Å². The summed E-state index contributed by atoms with van der Waals surface area (Å²) < 4.78 is 38.2. The van der Waals surface area contributed by atoms with Crippen molar-refractivity contribution in [2.75, 3.05) is 31.1 Å². The Kier molecular flexibility index (Phi) is 5.57. The van der Waals surface area contributed by atoms with Gasteiger partial charge in [0.2, 0.25) is 5.91 Å². The molecule has 1 fully saturated rings. The molecule has 1 amide bonds. The van der Waals surface area contributed by atoms with Crippen LogP contribution in [0.2, 0.25) is 0 Å². The second kappa shape index (κ2) is 8.30. The maximum Gasteiger partial charge on any atom is 0.417 e. The van der Waals surface area contributed by atoms with Crippen LogP contribution < -0.4 is 4.90 Å². The zero-order valence-corrected chi connectivity index (χ0v) is 16.3. The summed E-state index contributed by atoms with van der Waals surface area (Å²) in [6.45, 7) is 2.27. The van der Waals surface area contributed by atoms with Crippen LogP contribution in [0.1, 0.15) is 17.5 Å². The number of anilines is 1. The highest BCUT2D eigenvalue weighted by Gasteiger charge is 2.31. The van der Waals surface area contributed by atoms with Crippen LogP contribution in [0.3, 0.4) is 0 Å². The van der Waals surface area contributed by atoms with Crippen molar-refractivity contribution in [1.82, 2.24) is 14.9 Å². The Morgan fingerprint density at radius 2 is 1.80 bits per heavy atom. The van der Waals surface area contributed by atoms with Crippen molar-refractivity contribution < 1.29 is 18.0 Å². The minimum absolute atomic E-state index is 0.0235. The quantitative estimate of drug-likeness (QED) is 0.652. The van der Waals surface area contributed by atoms with Crippen LogP contribution in [0.4, 0.5) is 19.0 Å². The smallest absolute Gasteiger partial charge is 0.355 e. The summed E-state index contributed by atoms with van der Waals surface area (Å²) in [5.74, 6) is 0.519. The normalized spacial score (nSPS) is 15.3. The maximum atomic E-state index is 12.9. The molecule has 0 atom stereocenters. The van der Waals surface area contributed by atoms with Crippen molar-refractivity contribution >= 4 is 22.6 Å². The summed E-state index contributed by atoms with van der Waals surface area (Å²) in [5.41, 5.74) is 0.962. The fourth-order valence-corrected chi connectivity index (χ4v) is 3.72. The lowest BCUT2D eigenvalue weighted by Crippen LogP contribution is -2.36. The molecular weight excluding hydrogens is 393 g/mol. The predicted molar refractivity (Wildman–Crippen MR) is 108 cm³/mol. The third-order valence-electron chi connectivity index (χ3n) is 5.31. The fraction of sp³-hybridized carbons (Fsp3) is 0.318. The first-order valence-corrected chi connectivity index (χ1v) is 9.80. The lowest BCUT2D eigenvalue weighted by Gasteiger charge is -2.23. The van der Waals surface area contributed by atoms with Crippen molar-refractivity contribution in [1.29, 1.82) is 0 Å². The van der Waals surface area contributed by atoms with Crippen molar-refractivity contribution in [2.45, 2.75) is 19.0 Å². The third-order valence-corrected chi connectivity index (χ3v) is 5.31. The molecule has 4 rings (SSSR count). The van der Waals surface area contributed by atoms with Gasteiger partial charge in [0.15, 0.2) is 0 Å². The number of carbonyl (C=O) groups is 1. The molecule has 0 radical (unpaired) electrons. The molecule has 3 aromatic rings. The SMILES string of the molecule is O=C(Cc1cccc2cccnc12)N1CCCN(c2ccc(C(F)(F)F)cn2)CC1. The number of rotatable bonds is 3. The first kappa shape index (κ1) is 20.1. The van der Waals surface area contributed by atoms with Crippen LogP contribution >= 0.6 is 0 Å². The molecule has 156 valence electrons. The largest absolute Gasteiger partial charge is 0.417 e. The molecule has 1 aromatic carbocycles. The first-order valence-electron chi connectivity index (χ1n) is 9.80. The van der Waals surface area contributed by atoms with E-state index >= 15 is 0 Å². The van der Waals surface area contributed by atoms with Gasteiger partial charge < -0.3 is 9.80 Å². The van der Waals surface area contributed by atoms with E-state index < -0.39 is 11.7 Å². The molecule has 1 aliphatic heterocycles. The Morgan fingerprint density at radius 3 is 2.57 bits per heavy atom. The number of benzene rings is 1. The van der Waals surface area contributed by atoms with Gasteiger partial charge in [-0.25, -0.2) is 4.98 Å². The van der Waals surface area contributed by atoms with E-state index in [1.807, 2.05) is 40.1 Å². The number of amides is 1. The van der Waals surface area contributed by atoms with Gasteiger partial charge in [0.05, 0.1) is 17.5 Å². The van der Waals surface area contributed by atoms with Crippen LogP contribution in [-0.2, 0) is 17.4 Å². The topological polar surface area (TPSA) is 49.3 Å². The molecule has 0 unspecified atom stereocenters. The number of alkyl halides is 3. The number of pyridine rings is 2. The highest BCUT2D eigenvalue weighted by molar-refractivity contribution is 5.87. The second-order valence-electron chi connectivity index (χ2n) is 7.29. The molecule has 0 aliphatic carbocycles. The standard InChI is InChI=1S/C22H21F3N4O/c23-22(24,25)18-7-8-19(27-15-18)28-10-3-11-29(13-12-28)20(30)14-17-5-1-4-16-6-2-9-26-21(16)17/h1-2,4-9,15H,3,10-14H2. The Balaban J connectivity index is 1.42. The lowest BCUT2D eigenvalue weighted by atomic mass is 10.1. The van der Waals surface area contributed by atoms with Crippen LogP contribution in [-0.4, -0.2) is 47.0 Å². The van der Waals surface area contributed by atoms with Gasteiger partial charge in [0.25, 0.3) is 0 Å². The Morgan fingerprint density at radius 1 is 0.967 bits per heavy atom. The van der Waals surface area contributed by atoms with E-state index in [9.17, 15) is 18.0 Å². The predicted octanol–water partition coefficient (Wildman–Crippen LogP) is 3.93. The number of hydrogen-bond donors (Lipinski definition) is 0. The van der Waals surface area contributed by atoms with Crippen LogP contribution in [0.5, 0.6) is 0 Å². The zero-order valence-electron chi connectivity index (χ0n) is 16.3. The molecule has 30 heavy (non-hydrogen) atoms. The van der Waals surface area contributed by atoms with E-state index in [0.717, 1.165) is 35.2 Å². The molecule has 1 aliphatic rings. The number of fused-ring (bicyclic) bond motifs is 1. The number of carbonyl (C=O) groups excluding carboxylic acids is 1. The van der Waals surface area contributed by atoms with Gasteiger partial charge in [-0.1, -0.05) is 24.3 Å². The number of para-hydroxylation sites is 1. The average molecular weight is 414 g/mol. The molecular formula is C22H21F3N4O. The van der Waals surface area contributed by atoms with Crippen LogP contribution in [0.15, 0.2) is 54.9 Å². The second-order valence-corrected chi connectivity index (χ2v) is 7.29. The monoisotopic (exact) mass is 414 g/mol.